The third-order valence-electron chi connectivity index (χ3n) is 3.40. The molecule has 3 rings (SSSR count). The van der Waals surface area contributed by atoms with Crippen LogP contribution in [0.5, 0.6) is 0 Å². The number of anilines is 1. The van der Waals surface area contributed by atoms with Crippen LogP contribution in [0.2, 0.25) is 10.0 Å². The van der Waals surface area contributed by atoms with E-state index in [0.717, 1.165) is 15.7 Å². The van der Waals surface area contributed by atoms with E-state index < -0.39 is 0 Å². The van der Waals surface area contributed by atoms with E-state index in [4.69, 9.17) is 28.9 Å². The molecule has 0 amide bonds. The van der Waals surface area contributed by atoms with E-state index >= 15 is 0 Å². The molecule has 0 spiro atoms. The number of aliphatic imine (C=N–C) groups is 1. The van der Waals surface area contributed by atoms with Crippen LogP contribution in [0.3, 0.4) is 0 Å². The first-order chi connectivity index (χ1) is 10.1. The monoisotopic (exact) mass is 383 g/mol. The molecule has 0 saturated heterocycles. The highest BCUT2D eigenvalue weighted by molar-refractivity contribution is 9.10. The van der Waals surface area contributed by atoms with Gasteiger partial charge in [-0.1, -0.05) is 51.3 Å². The summed E-state index contributed by atoms with van der Waals surface area (Å²) in [5, 5.41) is 1.25. The van der Waals surface area contributed by atoms with Crippen LogP contribution in [0, 0.1) is 0 Å². The lowest BCUT2D eigenvalue weighted by Gasteiger charge is -2.28. The zero-order valence-corrected chi connectivity index (χ0v) is 14.0. The summed E-state index contributed by atoms with van der Waals surface area (Å²) >= 11 is 16.1. The fourth-order valence-corrected chi connectivity index (χ4v) is 3.52. The number of nitrogens with two attached hydrogens (primary N) is 1. The number of guanidine groups is 1. The van der Waals surface area contributed by atoms with Crippen molar-refractivity contribution in [3.8, 4) is 0 Å². The zero-order valence-electron chi connectivity index (χ0n) is 10.9. The zero-order chi connectivity index (χ0) is 15.0. The molecule has 0 radical (unpaired) electrons. The molecule has 108 valence electrons. The Morgan fingerprint density at radius 2 is 1.81 bits per heavy atom. The van der Waals surface area contributed by atoms with Crippen LogP contribution in [-0.2, 0) is 0 Å². The molecular weight excluding hydrogens is 373 g/mol. The molecule has 6 heteroatoms. The average Bonchev–Trinajstić information content (AvgIpc) is 2.80. The van der Waals surface area contributed by atoms with Crippen LogP contribution >= 0.6 is 39.1 Å². The maximum absolute atomic E-state index is 6.33. The molecule has 1 atom stereocenters. The standard InChI is InChI=1S/C15H12BrCl2N3/c16-9-3-1-4-10(7-9)21-13(8-20-15(21)19)14-11(17)5-2-6-12(14)18/h1-7,13H,8H2,(H2,19,20). The van der Waals surface area contributed by atoms with Gasteiger partial charge in [0.05, 0.1) is 12.6 Å². The van der Waals surface area contributed by atoms with E-state index in [0.29, 0.717) is 22.5 Å². The van der Waals surface area contributed by atoms with Gasteiger partial charge in [-0.25, -0.2) is 0 Å². The van der Waals surface area contributed by atoms with E-state index in [1.807, 2.05) is 47.4 Å². The Bertz CT molecular complexity index is 698. The minimum absolute atomic E-state index is 0.0968. The highest BCUT2D eigenvalue weighted by atomic mass is 79.9. The molecule has 0 saturated carbocycles. The fraction of sp³-hybridized carbons (Fsp3) is 0.133. The normalized spacial score (nSPS) is 18.0. The fourth-order valence-electron chi connectivity index (χ4n) is 2.49. The quantitative estimate of drug-likeness (QED) is 0.819. The summed E-state index contributed by atoms with van der Waals surface area (Å²) in [6.07, 6.45) is 0. The summed E-state index contributed by atoms with van der Waals surface area (Å²) in [6, 6.07) is 13.3. The number of hydrogen-bond donors (Lipinski definition) is 1. The minimum atomic E-state index is -0.0968. The van der Waals surface area contributed by atoms with Crippen molar-refractivity contribution in [1.82, 2.24) is 0 Å². The third kappa shape index (κ3) is 2.76. The van der Waals surface area contributed by atoms with E-state index in [-0.39, 0.29) is 6.04 Å². The summed E-state index contributed by atoms with van der Waals surface area (Å²) in [6.45, 7) is 0.530. The molecule has 0 aliphatic carbocycles. The highest BCUT2D eigenvalue weighted by Crippen LogP contribution is 2.38. The number of rotatable bonds is 2. The average molecular weight is 385 g/mol. The second kappa shape index (κ2) is 5.87. The number of halogens is 3. The molecule has 2 aromatic carbocycles. The largest absolute Gasteiger partial charge is 0.369 e. The van der Waals surface area contributed by atoms with Gasteiger partial charge in [-0.3, -0.25) is 4.99 Å². The van der Waals surface area contributed by atoms with Crippen LogP contribution in [-0.4, -0.2) is 12.5 Å². The van der Waals surface area contributed by atoms with Crippen LogP contribution in [0.4, 0.5) is 5.69 Å². The van der Waals surface area contributed by atoms with E-state index in [1.165, 1.54) is 0 Å². The highest BCUT2D eigenvalue weighted by Gasteiger charge is 2.31. The maximum Gasteiger partial charge on any atom is 0.196 e. The van der Waals surface area contributed by atoms with Crippen LogP contribution < -0.4 is 10.6 Å². The molecule has 1 aliphatic rings. The van der Waals surface area contributed by atoms with Gasteiger partial charge >= 0.3 is 0 Å². The summed E-state index contributed by atoms with van der Waals surface area (Å²) in [5.74, 6) is 0.467. The van der Waals surface area contributed by atoms with Crippen molar-refractivity contribution in [2.75, 3.05) is 11.4 Å². The van der Waals surface area contributed by atoms with Crippen molar-refractivity contribution in [1.29, 1.82) is 0 Å². The van der Waals surface area contributed by atoms with Gasteiger partial charge in [-0.2, -0.15) is 0 Å². The van der Waals surface area contributed by atoms with Crippen molar-refractivity contribution in [2.24, 2.45) is 10.7 Å². The summed E-state index contributed by atoms with van der Waals surface area (Å²) in [5.41, 5.74) is 7.86. The SMILES string of the molecule is NC1=NCC(c2c(Cl)cccc2Cl)N1c1cccc(Br)c1. The first kappa shape index (κ1) is 14.7. The van der Waals surface area contributed by atoms with Gasteiger partial charge in [0, 0.05) is 25.8 Å². The van der Waals surface area contributed by atoms with Crippen molar-refractivity contribution < 1.29 is 0 Å². The van der Waals surface area contributed by atoms with Gasteiger partial charge in [0.2, 0.25) is 0 Å². The molecule has 0 fully saturated rings. The van der Waals surface area contributed by atoms with Crippen molar-refractivity contribution >= 4 is 50.8 Å². The lowest BCUT2D eigenvalue weighted by atomic mass is 10.1. The van der Waals surface area contributed by atoms with Crippen molar-refractivity contribution in [3.05, 3.63) is 62.5 Å². The molecule has 3 nitrogen and oxygen atoms in total. The summed E-state index contributed by atoms with van der Waals surface area (Å²) in [7, 11) is 0. The summed E-state index contributed by atoms with van der Waals surface area (Å²) in [4.78, 5) is 6.31. The van der Waals surface area contributed by atoms with Gasteiger partial charge in [-0.05, 0) is 30.3 Å². The molecule has 21 heavy (non-hydrogen) atoms. The third-order valence-corrected chi connectivity index (χ3v) is 4.56. The molecular formula is C15H12BrCl2N3. The van der Waals surface area contributed by atoms with Gasteiger partial charge in [0.25, 0.3) is 0 Å². The Kier molecular flexibility index (Phi) is 4.11. The Morgan fingerprint density at radius 3 is 2.48 bits per heavy atom. The number of nitrogens with zero attached hydrogens (tertiary/aromatic N) is 2. The van der Waals surface area contributed by atoms with Crippen molar-refractivity contribution in [3.63, 3.8) is 0 Å². The second-order valence-electron chi connectivity index (χ2n) is 4.70. The molecule has 1 heterocycles. The van der Waals surface area contributed by atoms with Gasteiger partial charge in [-0.15, -0.1) is 0 Å². The summed E-state index contributed by atoms with van der Waals surface area (Å²) < 4.78 is 0.976. The van der Waals surface area contributed by atoms with Crippen LogP contribution in [0.1, 0.15) is 11.6 Å². The minimum Gasteiger partial charge on any atom is -0.369 e. The molecule has 2 aromatic rings. The number of benzene rings is 2. The lowest BCUT2D eigenvalue weighted by molar-refractivity contribution is 0.769. The Morgan fingerprint density at radius 1 is 1.14 bits per heavy atom. The predicted molar refractivity (Wildman–Crippen MR) is 92.3 cm³/mol. The first-order valence-electron chi connectivity index (χ1n) is 6.36. The van der Waals surface area contributed by atoms with Gasteiger partial charge in [0.1, 0.15) is 0 Å². The van der Waals surface area contributed by atoms with E-state index in [1.54, 1.807) is 0 Å². The van der Waals surface area contributed by atoms with Crippen molar-refractivity contribution in [2.45, 2.75) is 6.04 Å². The van der Waals surface area contributed by atoms with Gasteiger partial charge in [0.15, 0.2) is 5.96 Å². The predicted octanol–water partition coefficient (Wildman–Crippen LogP) is 4.63. The van der Waals surface area contributed by atoms with E-state index in [2.05, 4.69) is 20.9 Å². The number of hydrogen-bond acceptors (Lipinski definition) is 3. The Labute approximate surface area is 141 Å². The Hall–Kier alpha value is -1.23. The van der Waals surface area contributed by atoms with Gasteiger partial charge < -0.3 is 10.6 Å². The maximum atomic E-state index is 6.33. The molecule has 1 aliphatic heterocycles. The van der Waals surface area contributed by atoms with E-state index in [9.17, 15) is 0 Å². The van der Waals surface area contributed by atoms with Crippen LogP contribution in [0.15, 0.2) is 51.9 Å². The molecule has 0 bridgehead atoms. The first-order valence-corrected chi connectivity index (χ1v) is 7.91. The lowest BCUT2D eigenvalue weighted by Crippen LogP contribution is -2.36. The Balaban J connectivity index is 2.07. The van der Waals surface area contributed by atoms with Crippen LogP contribution in [0.25, 0.3) is 0 Å². The topological polar surface area (TPSA) is 41.6 Å². The molecule has 1 unspecified atom stereocenters. The smallest absolute Gasteiger partial charge is 0.196 e. The second-order valence-corrected chi connectivity index (χ2v) is 6.43. The molecule has 0 aromatic heterocycles. The molecule has 2 N–H and O–H groups in total.